The van der Waals surface area contributed by atoms with Crippen molar-refractivity contribution >= 4 is 41.0 Å². The summed E-state index contributed by atoms with van der Waals surface area (Å²) < 4.78 is 45.3. The molecule has 0 radical (unpaired) electrons. The van der Waals surface area contributed by atoms with Gasteiger partial charge in [-0.15, -0.1) is 18.3 Å². The molecule has 2 nitrogen and oxygen atoms in total. The van der Waals surface area contributed by atoms with Crippen LogP contribution in [0.3, 0.4) is 0 Å². The van der Waals surface area contributed by atoms with E-state index in [9.17, 15) is 2.74 Å². The van der Waals surface area contributed by atoms with Crippen molar-refractivity contribution in [2.24, 2.45) is 35.0 Å². The highest BCUT2D eigenvalue weighted by molar-refractivity contribution is 8.04. The van der Waals surface area contributed by atoms with E-state index in [1.165, 1.54) is 67.8 Å². The second-order valence-electron chi connectivity index (χ2n) is 23.4. The van der Waals surface area contributed by atoms with Crippen molar-refractivity contribution < 1.29 is 6.85 Å². The maximum absolute atomic E-state index is 9.42. The van der Waals surface area contributed by atoms with Crippen LogP contribution in [0.25, 0.3) is 11.1 Å². The molecule has 1 fully saturated rings. The Hall–Kier alpha value is -4.15. The van der Waals surface area contributed by atoms with Gasteiger partial charge in [-0.25, -0.2) is 0 Å². The molecule has 0 amide bonds. The largest absolute Gasteiger partial charge is 0.339 e. The molecule has 6 aliphatic rings. The molecule has 1 saturated carbocycles. The van der Waals surface area contributed by atoms with Crippen molar-refractivity contribution in [3.05, 3.63) is 153 Å². The molecule has 4 heteroatoms. The molecule has 0 saturated heterocycles. The van der Waals surface area contributed by atoms with Gasteiger partial charge in [0.15, 0.2) is 0 Å². The summed E-state index contributed by atoms with van der Waals surface area (Å²) in [6.07, 6.45) is 18.9. The fraction of sp³-hybridized carbons (Fsp3) is 0.467. The van der Waals surface area contributed by atoms with E-state index in [1.54, 1.807) is 0 Å². The van der Waals surface area contributed by atoms with Crippen molar-refractivity contribution in [2.75, 3.05) is 9.80 Å². The third-order valence-electron chi connectivity index (χ3n) is 15.1. The van der Waals surface area contributed by atoms with Crippen molar-refractivity contribution in [3.8, 4) is 11.1 Å². The van der Waals surface area contributed by atoms with E-state index < -0.39 is 0 Å². The average Bonchev–Trinajstić information content (AvgIpc) is 3.65. The average molecular weight is 872 g/mol. The Bertz CT molecular complexity index is 2830. The maximum atomic E-state index is 9.42. The van der Waals surface area contributed by atoms with Crippen molar-refractivity contribution in [2.45, 2.75) is 145 Å². The van der Waals surface area contributed by atoms with Gasteiger partial charge < -0.3 is 9.80 Å². The molecule has 0 spiro atoms. The van der Waals surface area contributed by atoms with E-state index in [0.717, 1.165) is 29.9 Å². The van der Waals surface area contributed by atoms with Crippen LogP contribution in [-0.2, 0) is 10.8 Å². The number of benzene rings is 3. The summed E-state index contributed by atoms with van der Waals surface area (Å²) in [4.78, 5) is 5.10. The van der Waals surface area contributed by atoms with E-state index >= 15 is 0 Å². The third kappa shape index (κ3) is 7.80. The highest BCUT2D eigenvalue weighted by atomic mass is 32.2. The van der Waals surface area contributed by atoms with Gasteiger partial charge in [-0.05, 0) is 134 Å². The van der Waals surface area contributed by atoms with Crippen LogP contribution >= 0.6 is 11.8 Å². The highest BCUT2D eigenvalue weighted by Crippen LogP contribution is 2.59. The summed E-state index contributed by atoms with van der Waals surface area (Å²) >= 11 is 2.01. The fourth-order valence-corrected chi connectivity index (χ4v) is 13.2. The Kier molecular flexibility index (Phi) is 9.96. The van der Waals surface area contributed by atoms with E-state index in [4.69, 9.17) is 4.11 Å². The first-order valence-electron chi connectivity index (χ1n) is 26.8. The zero-order valence-electron chi connectivity index (χ0n) is 46.3. The smallest absolute Gasteiger partial charge is 0.248 e. The highest BCUT2D eigenvalue weighted by Gasteiger charge is 2.53. The van der Waals surface area contributed by atoms with Gasteiger partial charge in [0.2, 0.25) is 6.71 Å². The van der Waals surface area contributed by atoms with Gasteiger partial charge >= 0.3 is 0 Å². The molecule has 3 heterocycles. The first kappa shape index (κ1) is 39.1. The minimum Gasteiger partial charge on any atom is -0.339 e. The molecule has 0 aromatic heterocycles. The number of hydrogen-bond acceptors (Lipinski definition) is 3. The van der Waals surface area contributed by atoms with Gasteiger partial charge in [0, 0.05) is 33.9 Å². The van der Waals surface area contributed by atoms with Crippen LogP contribution in [0.1, 0.15) is 141 Å². The molecule has 3 aromatic carbocycles. The molecule has 6 unspecified atom stereocenters. The molecule has 0 bridgehead atoms. The molecule has 3 aliphatic heterocycles. The molecule has 64 heavy (non-hydrogen) atoms. The molecule has 334 valence electrons. The standard InChI is InChI=1S/C60H75BN2S/c1-16-50(39(6)28-29-58(7,8)9)63-51-27-24-41(36(2)3)30-49(51)61-55-46-34-44-37(4)22-23-38(5)45(44)35-54(46)64-57(55)62(43-25-26-47(59(10,11)12)48(33-43)60(13,14)15)52-31-42(32-53(63)56(52)61)40-20-18-17-19-21-40/h16-21,25-26,28-39,46,50,54H,1,22-24,27H2,2-15H3/b29-28+/i17D,18D,19D,20D,21D. The summed E-state index contributed by atoms with van der Waals surface area (Å²) in [6, 6.07) is 9.93. The Morgan fingerprint density at radius 2 is 1.47 bits per heavy atom. The van der Waals surface area contributed by atoms with E-state index in [-0.39, 0.29) is 81.9 Å². The van der Waals surface area contributed by atoms with Crippen LogP contribution in [-0.4, -0.2) is 18.0 Å². The Balaban J connectivity index is 1.44. The van der Waals surface area contributed by atoms with Gasteiger partial charge in [0.25, 0.3) is 0 Å². The van der Waals surface area contributed by atoms with Gasteiger partial charge in [-0.1, -0.05) is 181 Å². The minimum atomic E-state index is -0.381. The Morgan fingerprint density at radius 1 is 0.812 bits per heavy atom. The minimum absolute atomic E-state index is 0.0117. The number of fused-ring (bicyclic) bond motifs is 5. The lowest BCUT2D eigenvalue weighted by molar-refractivity contribution is 0.447. The predicted octanol–water partition coefficient (Wildman–Crippen LogP) is 16.0. The van der Waals surface area contributed by atoms with Gasteiger partial charge in [0.05, 0.1) is 17.9 Å². The number of thioether (sulfide) groups is 1. The SMILES string of the molecule is [2H]c1c([2H])c([2H])c(-c2cc3c4c(c2)N(C(C=C)C(C)/C=C/C(C)(C)C)C2=C(C=C(C(C)C)CC2)B4C2=C(SC4C=C5C(=CC24)C(C)CCC5C)N3c2ccc(C(C)(C)C)c(C(C)(C)C)c2)c([2H])c1[2H]. The number of rotatable bonds is 7. The van der Waals surface area contributed by atoms with Crippen LogP contribution < -0.4 is 15.3 Å². The number of allylic oxidation sites excluding steroid dienone is 9. The summed E-state index contributed by atoms with van der Waals surface area (Å²) in [5.41, 5.74) is 16.3. The first-order chi connectivity index (χ1) is 32.2. The molecule has 9 rings (SSSR count). The molecular weight excluding hydrogens is 792 g/mol. The van der Waals surface area contributed by atoms with Crippen LogP contribution in [0.5, 0.6) is 0 Å². The lowest BCUT2D eigenvalue weighted by Gasteiger charge is -2.49. The fourth-order valence-electron chi connectivity index (χ4n) is 11.6. The molecule has 3 aromatic rings. The van der Waals surface area contributed by atoms with E-state index in [2.05, 4.69) is 180 Å². The van der Waals surface area contributed by atoms with E-state index in [0.29, 0.717) is 23.3 Å². The molecular formula is C60H75BN2S. The van der Waals surface area contributed by atoms with Crippen molar-refractivity contribution in [1.29, 1.82) is 0 Å². The van der Waals surface area contributed by atoms with E-state index in [1.807, 2.05) is 11.8 Å². The van der Waals surface area contributed by atoms with Crippen molar-refractivity contribution in [3.63, 3.8) is 0 Å². The van der Waals surface area contributed by atoms with Crippen LogP contribution in [0.4, 0.5) is 17.1 Å². The molecule has 6 atom stereocenters. The Morgan fingerprint density at radius 3 is 2.09 bits per heavy atom. The number of anilines is 3. The quantitative estimate of drug-likeness (QED) is 0.173. The summed E-state index contributed by atoms with van der Waals surface area (Å²) in [5.74, 6) is 1.67. The van der Waals surface area contributed by atoms with Crippen LogP contribution in [0.15, 0.2) is 142 Å². The predicted molar refractivity (Wildman–Crippen MR) is 282 cm³/mol. The normalized spacial score (nSPS) is 25.3. The monoisotopic (exact) mass is 872 g/mol. The molecule has 0 N–H and O–H groups in total. The zero-order chi connectivity index (χ0) is 50.1. The Labute approximate surface area is 400 Å². The van der Waals surface area contributed by atoms with Crippen molar-refractivity contribution in [1.82, 2.24) is 0 Å². The summed E-state index contributed by atoms with van der Waals surface area (Å²) in [5, 5.41) is 1.48. The lowest BCUT2D eigenvalue weighted by atomic mass is 9.30. The summed E-state index contributed by atoms with van der Waals surface area (Å²) in [7, 11) is 0. The lowest BCUT2D eigenvalue weighted by Crippen LogP contribution is -2.54. The number of nitrogens with zero attached hydrogens (tertiary/aromatic N) is 2. The zero-order valence-corrected chi connectivity index (χ0v) is 42.1. The van der Waals surface area contributed by atoms with Crippen LogP contribution in [0.2, 0.25) is 0 Å². The third-order valence-corrected chi connectivity index (χ3v) is 16.4. The topological polar surface area (TPSA) is 6.48 Å². The van der Waals surface area contributed by atoms with Gasteiger partial charge in [0.1, 0.15) is 0 Å². The number of hydrogen-bond donors (Lipinski definition) is 0. The van der Waals surface area contributed by atoms with Crippen LogP contribution in [0, 0.1) is 35.0 Å². The summed E-state index contributed by atoms with van der Waals surface area (Å²) in [6.45, 7) is 36.9. The van der Waals surface area contributed by atoms with Gasteiger partial charge in [-0.3, -0.25) is 0 Å². The second-order valence-corrected chi connectivity index (χ2v) is 24.5. The first-order valence-corrected chi connectivity index (χ1v) is 25.2. The molecule has 3 aliphatic carbocycles. The maximum Gasteiger partial charge on any atom is 0.248 e. The second kappa shape index (κ2) is 16.3. The van der Waals surface area contributed by atoms with Gasteiger partial charge in [-0.2, -0.15) is 0 Å².